The molecule has 4 nitrogen and oxygen atoms in total. The minimum Gasteiger partial charge on any atom is -0.397 e. The summed E-state index contributed by atoms with van der Waals surface area (Å²) in [6.45, 7) is 1.73. The molecular weight excluding hydrogens is 224 g/mol. The highest BCUT2D eigenvalue weighted by molar-refractivity contribution is 7.12. The molecule has 1 amide bonds. The molecule has 16 heavy (non-hydrogen) atoms. The van der Waals surface area contributed by atoms with Crippen molar-refractivity contribution in [3.63, 3.8) is 0 Å². The normalized spacial score (nSPS) is 20.3. The summed E-state index contributed by atoms with van der Waals surface area (Å²) >= 11 is 1.39. The molecule has 0 aromatic carbocycles. The van der Waals surface area contributed by atoms with Crippen LogP contribution in [0.3, 0.4) is 0 Å². The molecule has 1 aliphatic rings. The van der Waals surface area contributed by atoms with Crippen molar-refractivity contribution in [3.8, 4) is 0 Å². The summed E-state index contributed by atoms with van der Waals surface area (Å²) in [7, 11) is 0. The number of nitrogens with two attached hydrogens (primary N) is 1. The fourth-order valence-electron chi connectivity index (χ4n) is 2.07. The predicted molar refractivity (Wildman–Crippen MR) is 64.4 cm³/mol. The van der Waals surface area contributed by atoms with Crippen molar-refractivity contribution in [2.45, 2.75) is 12.8 Å². The van der Waals surface area contributed by atoms with Crippen LogP contribution in [0.15, 0.2) is 11.4 Å². The Kier molecular flexibility index (Phi) is 3.46. The number of rotatable bonds is 3. The third kappa shape index (κ3) is 2.20. The lowest BCUT2D eigenvalue weighted by Gasteiger charge is -2.15. The molecule has 0 bridgehead atoms. The van der Waals surface area contributed by atoms with Crippen LogP contribution in [0.5, 0.6) is 0 Å². The Morgan fingerprint density at radius 3 is 3.12 bits per heavy atom. The number of aliphatic hydroxyl groups excluding tert-OH is 1. The lowest BCUT2D eigenvalue weighted by atomic mass is 10.1. The Morgan fingerprint density at radius 2 is 2.50 bits per heavy atom. The molecule has 5 heteroatoms. The van der Waals surface area contributed by atoms with E-state index < -0.39 is 0 Å². The summed E-state index contributed by atoms with van der Waals surface area (Å²) in [6, 6.07) is 1.76. The number of amides is 1. The van der Waals surface area contributed by atoms with Crippen molar-refractivity contribution >= 4 is 22.9 Å². The second-order valence-corrected chi connectivity index (χ2v) is 5.04. The molecule has 1 atom stereocenters. The first-order chi connectivity index (χ1) is 7.72. The van der Waals surface area contributed by atoms with Gasteiger partial charge in [0.05, 0.1) is 5.69 Å². The van der Waals surface area contributed by atoms with E-state index in [9.17, 15) is 4.79 Å². The van der Waals surface area contributed by atoms with Gasteiger partial charge in [-0.2, -0.15) is 0 Å². The van der Waals surface area contributed by atoms with E-state index in [0.717, 1.165) is 25.9 Å². The quantitative estimate of drug-likeness (QED) is 0.833. The van der Waals surface area contributed by atoms with Gasteiger partial charge in [-0.05, 0) is 30.2 Å². The van der Waals surface area contributed by atoms with E-state index >= 15 is 0 Å². The second kappa shape index (κ2) is 4.84. The number of anilines is 1. The minimum absolute atomic E-state index is 0.0351. The molecule has 2 heterocycles. The lowest BCUT2D eigenvalue weighted by Crippen LogP contribution is -2.28. The number of likely N-dealkylation sites (tertiary alicyclic amines) is 1. The zero-order valence-electron chi connectivity index (χ0n) is 9.06. The van der Waals surface area contributed by atoms with Gasteiger partial charge in [-0.1, -0.05) is 0 Å². The molecule has 0 spiro atoms. The number of aliphatic hydroxyl groups is 1. The molecule has 1 unspecified atom stereocenters. The first kappa shape index (κ1) is 11.4. The largest absolute Gasteiger partial charge is 0.397 e. The Labute approximate surface area is 98.7 Å². The van der Waals surface area contributed by atoms with E-state index in [1.54, 1.807) is 6.07 Å². The topological polar surface area (TPSA) is 66.6 Å². The Bertz CT molecular complexity index is 378. The van der Waals surface area contributed by atoms with E-state index in [1.165, 1.54) is 11.3 Å². The molecule has 2 rings (SSSR count). The van der Waals surface area contributed by atoms with Crippen molar-refractivity contribution in [1.82, 2.24) is 4.90 Å². The molecule has 1 fully saturated rings. The SMILES string of the molecule is Nc1ccsc1C(=O)N1CCC(CCO)C1. The molecule has 0 aliphatic carbocycles. The molecule has 3 N–H and O–H groups in total. The van der Waals surface area contributed by atoms with E-state index in [2.05, 4.69) is 0 Å². The predicted octanol–water partition coefficient (Wildman–Crippen LogP) is 1.17. The number of nitrogen functional groups attached to an aromatic ring is 1. The fourth-order valence-corrected chi connectivity index (χ4v) is 2.86. The maximum absolute atomic E-state index is 12.1. The molecule has 1 aliphatic heterocycles. The number of hydrogen-bond donors (Lipinski definition) is 2. The van der Waals surface area contributed by atoms with Gasteiger partial charge in [0.2, 0.25) is 0 Å². The van der Waals surface area contributed by atoms with Crippen LogP contribution in [0.4, 0.5) is 5.69 Å². The molecule has 1 aromatic rings. The lowest BCUT2D eigenvalue weighted by molar-refractivity contribution is 0.0790. The summed E-state index contributed by atoms with van der Waals surface area (Å²) < 4.78 is 0. The van der Waals surface area contributed by atoms with Crippen molar-refractivity contribution < 1.29 is 9.90 Å². The summed E-state index contributed by atoms with van der Waals surface area (Å²) in [5, 5.41) is 10.7. The Morgan fingerprint density at radius 1 is 1.69 bits per heavy atom. The second-order valence-electron chi connectivity index (χ2n) is 4.12. The van der Waals surface area contributed by atoms with Crippen LogP contribution in [-0.2, 0) is 0 Å². The van der Waals surface area contributed by atoms with E-state index in [4.69, 9.17) is 10.8 Å². The number of carbonyl (C=O) groups is 1. The van der Waals surface area contributed by atoms with E-state index in [0.29, 0.717) is 16.5 Å². The van der Waals surface area contributed by atoms with Gasteiger partial charge in [-0.3, -0.25) is 4.79 Å². The van der Waals surface area contributed by atoms with Crippen LogP contribution in [0, 0.1) is 5.92 Å². The first-order valence-corrected chi connectivity index (χ1v) is 6.33. The monoisotopic (exact) mass is 240 g/mol. The van der Waals surface area contributed by atoms with Gasteiger partial charge in [0.1, 0.15) is 4.88 Å². The highest BCUT2D eigenvalue weighted by Crippen LogP contribution is 2.25. The highest BCUT2D eigenvalue weighted by Gasteiger charge is 2.27. The number of nitrogens with zero attached hydrogens (tertiary/aromatic N) is 1. The molecule has 1 saturated heterocycles. The van der Waals surface area contributed by atoms with Crippen LogP contribution >= 0.6 is 11.3 Å². The molecule has 0 saturated carbocycles. The van der Waals surface area contributed by atoms with Gasteiger partial charge < -0.3 is 15.7 Å². The van der Waals surface area contributed by atoms with Crippen molar-refractivity contribution in [3.05, 3.63) is 16.3 Å². The highest BCUT2D eigenvalue weighted by atomic mass is 32.1. The molecular formula is C11H16N2O2S. The summed E-state index contributed by atoms with van der Waals surface area (Å²) in [6.07, 6.45) is 1.77. The third-order valence-electron chi connectivity index (χ3n) is 3.00. The van der Waals surface area contributed by atoms with Gasteiger partial charge in [-0.15, -0.1) is 11.3 Å². The molecule has 88 valence electrons. The molecule has 0 radical (unpaired) electrons. The van der Waals surface area contributed by atoms with E-state index in [-0.39, 0.29) is 12.5 Å². The zero-order valence-corrected chi connectivity index (χ0v) is 9.87. The number of thiophene rings is 1. The Balaban J connectivity index is 2.00. The third-order valence-corrected chi connectivity index (χ3v) is 3.92. The fraction of sp³-hybridized carbons (Fsp3) is 0.545. The number of carbonyl (C=O) groups excluding carboxylic acids is 1. The summed E-state index contributed by atoms with van der Waals surface area (Å²) in [5.74, 6) is 0.475. The Hall–Kier alpha value is -1.07. The van der Waals surface area contributed by atoms with E-state index in [1.807, 2.05) is 10.3 Å². The minimum atomic E-state index is 0.0351. The zero-order chi connectivity index (χ0) is 11.5. The van der Waals surface area contributed by atoms with Crippen LogP contribution in [0.25, 0.3) is 0 Å². The smallest absolute Gasteiger partial charge is 0.266 e. The van der Waals surface area contributed by atoms with Crippen molar-refractivity contribution in [1.29, 1.82) is 0 Å². The van der Waals surface area contributed by atoms with Gasteiger partial charge in [0.15, 0.2) is 0 Å². The van der Waals surface area contributed by atoms with Crippen LogP contribution < -0.4 is 5.73 Å². The maximum Gasteiger partial charge on any atom is 0.266 e. The van der Waals surface area contributed by atoms with Crippen molar-refractivity contribution in [2.75, 3.05) is 25.4 Å². The van der Waals surface area contributed by atoms with Crippen LogP contribution in [0.1, 0.15) is 22.5 Å². The first-order valence-electron chi connectivity index (χ1n) is 5.45. The maximum atomic E-state index is 12.1. The summed E-state index contributed by atoms with van der Waals surface area (Å²) in [5.41, 5.74) is 6.30. The summed E-state index contributed by atoms with van der Waals surface area (Å²) in [4.78, 5) is 14.6. The van der Waals surface area contributed by atoms with Crippen LogP contribution in [-0.4, -0.2) is 35.6 Å². The molecule has 1 aromatic heterocycles. The van der Waals surface area contributed by atoms with Crippen molar-refractivity contribution in [2.24, 2.45) is 5.92 Å². The average molecular weight is 240 g/mol. The van der Waals surface area contributed by atoms with Gasteiger partial charge in [0, 0.05) is 19.7 Å². The average Bonchev–Trinajstić information content (AvgIpc) is 2.87. The number of hydrogen-bond acceptors (Lipinski definition) is 4. The van der Waals surface area contributed by atoms with Gasteiger partial charge in [0.25, 0.3) is 5.91 Å². The van der Waals surface area contributed by atoms with Gasteiger partial charge in [-0.25, -0.2) is 0 Å². The van der Waals surface area contributed by atoms with Gasteiger partial charge >= 0.3 is 0 Å². The van der Waals surface area contributed by atoms with Crippen LogP contribution in [0.2, 0.25) is 0 Å². The standard InChI is InChI=1S/C11H16N2O2S/c12-9-3-6-16-10(9)11(15)13-4-1-8(7-13)2-5-14/h3,6,8,14H,1-2,4-5,7,12H2.